The molecule has 0 radical (unpaired) electrons. The number of fused-ring (bicyclic) bond motifs is 1. The van der Waals surface area contributed by atoms with Crippen molar-refractivity contribution in [3.63, 3.8) is 0 Å². The minimum Gasteiger partial charge on any atom is -0.377 e. The maximum Gasteiger partial charge on any atom is 0.245 e. The summed E-state index contributed by atoms with van der Waals surface area (Å²) in [6.45, 7) is -0.118. The van der Waals surface area contributed by atoms with Crippen LogP contribution >= 0.6 is 0 Å². The number of anilines is 1. The summed E-state index contributed by atoms with van der Waals surface area (Å²) < 4.78 is 27.0. The third-order valence-electron chi connectivity index (χ3n) is 3.49. The lowest BCUT2D eigenvalue weighted by Crippen LogP contribution is -2.32. The molecule has 5 heteroatoms. The number of terminal acetylenes is 2. The zero-order valence-corrected chi connectivity index (χ0v) is 14.0. The van der Waals surface area contributed by atoms with Gasteiger partial charge in [0.2, 0.25) is 10.0 Å². The topological polar surface area (TPSA) is 40.6 Å². The van der Waals surface area contributed by atoms with Gasteiger partial charge in [-0.15, -0.1) is 12.8 Å². The van der Waals surface area contributed by atoms with Gasteiger partial charge in [0.15, 0.2) is 0 Å². The predicted molar refractivity (Wildman–Crippen MR) is 94.7 cm³/mol. The summed E-state index contributed by atoms with van der Waals surface area (Å²) in [5, 5.41) is 1.51. The lowest BCUT2D eigenvalue weighted by molar-refractivity contribution is 0.483. The van der Waals surface area contributed by atoms with Crippen LogP contribution in [0.5, 0.6) is 0 Å². The Bertz CT molecular complexity index is 887. The van der Waals surface area contributed by atoms with E-state index in [0.29, 0.717) is 5.39 Å². The van der Waals surface area contributed by atoms with Crippen molar-refractivity contribution >= 4 is 26.5 Å². The van der Waals surface area contributed by atoms with Crippen molar-refractivity contribution in [3.05, 3.63) is 36.4 Å². The van der Waals surface area contributed by atoms with Gasteiger partial charge in [0.25, 0.3) is 0 Å². The first-order valence-corrected chi connectivity index (χ1v) is 8.43. The molecule has 0 bridgehead atoms. The van der Waals surface area contributed by atoms with Crippen LogP contribution in [0.1, 0.15) is 0 Å². The zero-order valence-electron chi connectivity index (χ0n) is 13.2. The molecule has 0 amide bonds. The van der Waals surface area contributed by atoms with Crippen molar-refractivity contribution in [1.82, 2.24) is 4.31 Å². The number of hydrogen-bond acceptors (Lipinski definition) is 3. The van der Waals surface area contributed by atoms with Gasteiger partial charge in [-0.1, -0.05) is 36.1 Å². The number of nitrogens with zero attached hydrogens (tertiary/aromatic N) is 2. The average Bonchev–Trinajstić information content (AvgIpc) is 2.53. The molecule has 0 N–H and O–H groups in total. The van der Waals surface area contributed by atoms with Crippen LogP contribution in [0, 0.1) is 24.7 Å². The van der Waals surface area contributed by atoms with Gasteiger partial charge in [0, 0.05) is 30.6 Å². The molecule has 0 aliphatic rings. The third kappa shape index (κ3) is 3.17. The van der Waals surface area contributed by atoms with E-state index < -0.39 is 10.0 Å². The molecule has 0 aliphatic heterocycles. The molecule has 2 rings (SSSR count). The fourth-order valence-electron chi connectivity index (χ4n) is 2.45. The molecule has 4 nitrogen and oxygen atoms in total. The Hall–Kier alpha value is -2.47. The quantitative estimate of drug-likeness (QED) is 0.791. The van der Waals surface area contributed by atoms with Crippen LogP contribution < -0.4 is 4.90 Å². The highest BCUT2D eigenvalue weighted by Crippen LogP contribution is 2.31. The molecule has 0 unspecified atom stereocenters. The van der Waals surface area contributed by atoms with E-state index in [2.05, 4.69) is 11.8 Å². The van der Waals surface area contributed by atoms with E-state index in [0.717, 1.165) is 15.4 Å². The van der Waals surface area contributed by atoms with E-state index in [1.807, 2.05) is 37.2 Å². The molecule has 23 heavy (non-hydrogen) atoms. The molecule has 2 aromatic rings. The Morgan fingerprint density at radius 2 is 1.52 bits per heavy atom. The SMILES string of the molecule is C#CCN(CC#C)S(=O)(=O)c1cccc2c(N(C)C)cccc12. The van der Waals surface area contributed by atoms with Gasteiger partial charge >= 0.3 is 0 Å². The first kappa shape index (κ1) is 16.9. The van der Waals surface area contributed by atoms with Crippen molar-refractivity contribution in [1.29, 1.82) is 0 Å². The monoisotopic (exact) mass is 326 g/mol. The summed E-state index contributed by atoms with van der Waals surface area (Å²) in [6, 6.07) is 10.8. The predicted octanol–water partition coefficient (Wildman–Crippen LogP) is 2.16. The summed E-state index contributed by atoms with van der Waals surface area (Å²) in [7, 11) is 0.0666. The Balaban J connectivity index is 2.71. The summed E-state index contributed by atoms with van der Waals surface area (Å²) in [5.41, 5.74) is 0.944. The molecule has 0 fully saturated rings. The highest BCUT2D eigenvalue weighted by Gasteiger charge is 2.25. The Morgan fingerprint density at radius 1 is 0.957 bits per heavy atom. The minimum atomic E-state index is -3.76. The summed E-state index contributed by atoms with van der Waals surface area (Å²) in [4.78, 5) is 2.16. The van der Waals surface area contributed by atoms with Crippen LogP contribution in [0.25, 0.3) is 10.8 Å². The van der Waals surface area contributed by atoms with Gasteiger partial charge in [-0.25, -0.2) is 8.42 Å². The lowest BCUT2D eigenvalue weighted by atomic mass is 10.1. The van der Waals surface area contributed by atoms with Crippen molar-refractivity contribution < 1.29 is 8.42 Å². The van der Waals surface area contributed by atoms with Crippen LogP contribution in [0.4, 0.5) is 5.69 Å². The molecule has 0 heterocycles. The second-order valence-corrected chi connectivity index (χ2v) is 7.11. The molecule has 0 aromatic heterocycles. The average molecular weight is 326 g/mol. The number of hydrogen-bond donors (Lipinski definition) is 0. The van der Waals surface area contributed by atoms with Crippen LogP contribution in [-0.4, -0.2) is 39.9 Å². The summed E-state index contributed by atoms with van der Waals surface area (Å²) >= 11 is 0. The Labute approximate surface area is 137 Å². The van der Waals surface area contributed by atoms with Crippen molar-refractivity contribution in [2.24, 2.45) is 0 Å². The van der Waals surface area contributed by atoms with Crippen molar-refractivity contribution in [2.75, 3.05) is 32.1 Å². The molecular formula is C18H18N2O2S. The molecule has 0 saturated carbocycles. The molecule has 0 saturated heterocycles. The molecule has 118 valence electrons. The number of sulfonamides is 1. The molecule has 0 aliphatic carbocycles. The van der Waals surface area contributed by atoms with E-state index in [1.165, 1.54) is 0 Å². The molecule has 2 aromatic carbocycles. The normalized spacial score (nSPS) is 11.2. The van der Waals surface area contributed by atoms with E-state index in [4.69, 9.17) is 12.8 Å². The smallest absolute Gasteiger partial charge is 0.245 e. The van der Waals surface area contributed by atoms with Crippen molar-refractivity contribution in [2.45, 2.75) is 4.90 Å². The van der Waals surface area contributed by atoms with Crippen LogP contribution in [0.2, 0.25) is 0 Å². The largest absolute Gasteiger partial charge is 0.377 e. The second kappa shape index (κ2) is 6.75. The van der Waals surface area contributed by atoms with Crippen LogP contribution in [-0.2, 0) is 10.0 Å². The summed E-state index contributed by atoms with van der Waals surface area (Å²) in [6.07, 6.45) is 10.6. The van der Waals surface area contributed by atoms with Gasteiger partial charge in [-0.2, -0.15) is 4.31 Å². The number of rotatable bonds is 5. The van der Waals surface area contributed by atoms with Gasteiger partial charge < -0.3 is 4.90 Å². The molecular weight excluding hydrogens is 308 g/mol. The van der Waals surface area contributed by atoms with Crippen LogP contribution in [0.3, 0.4) is 0 Å². The molecule has 0 atom stereocenters. The van der Waals surface area contributed by atoms with Gasteiger partial charge in [0.1, 0.15) is 0 Å². The maximum atomic E-state index is 12.9. The fraction of sp³-hybridized carbons (Fsp3) is 0.222. The highest BCUT2D eigenvalue weighted by atomic mass is 32.2. The first-order valence-electron chi connectivity index (χ1n) is 6.99. The fourth-order valence-corrected chi connectivity index (χ4v) is 3.92. The van der Waals surface area contributed by atoms with Crippen LogP contribution in [0.15, 0.2) is 41.3 Å². The van der Waals surface area contributed by atoms with E-state index in [1.54, 1.807) is 18.2 Å². The first-order chi connectivity index (χ1) is 10.9. The Morgan fingerprint density at radius 3 is 2.09 bits per heavy atom. The van der Waals surface area contributed by atoms with E-state index >= 15 is 0 Å². The zero-order chi connectivity index (χ0) is 17.0. The maximum absolute atomic E-state index is 12.9. The molecule has 0 spiro atoms. The van der Waals surface area contributed by atoms with Gasteiger partial charge in [0.05, 0.1) is 18.0 Å². The second-order valence-electron chi connectivity index (χ2n) is 5.20. The third-order valence-corrected chi connectivity index (χ3v) is 5.34. The van der Waals surface area contributed by atoms with E-state index in [9.17, 15) is 8.42 Å². The standard InChI is InChI=1S/C18H18N2O2S/c1-5-13-20(14-6-2)23(21,22)18-12-8-9-15-16(18)10-7-11-17(15)19(3)4/h1-2,7-12H,13-14H2,3-4H3. The van der Waals surface area contributed by atoms with E-state index in [-0.39, 0.29) is 18.0 Å². The Kier molecular flexibility index (Phi) is 4.95. The highest BCUT2D eigenvalue weighted by molar-refractivity contribution is 7.89. The minimum absolute atomic E-state index is 0.0592. The van der Waals surface area contributed by atoms with Gasteiger partial charge in [-0.3, -0.25) is 0 Å². The number of benzene rings is 2. The summed E-state index contributed by atoms with van der Waals surface area (Å²) in [5.74, 6) is 4.70. The lowest BCUT2D eigenvalue weighted by Gasteiger charge is -2.20. The van der Waals surface area contributed by atoms with Crippen molar-refractivity contribution in [3.8, 4) is 24.7 Å². The van der Waals surface area contributed by atoms with Gasteiger partial charge in [-0.05, 0) is 12.1 Å².